The van der Waals surface area contributed by atoms with E-state index in [1.165, 1.54) is 0 Å². The van der Waals surface area contributed by atoms with Gasteiger partial charge in [0.25, 0.3) is 0 Å². The molecule has 1 atom stereocenters. The number of aliphatic hydroxyl groups is 1. The van der Waals surface area contributed by atoms with Crippen molar-refractivity contribution in [3.63, 3.8) is 0 Å². The summed E-state index contributed by atoms with van der Waals surface area (Å²) in [7, 11) is 0. The highest BCUT2D eigenvalue weighted by molar-refractivity contribution is 5.81. The number of nitriles is 1. The zero-order valence-corrected chi connectivity index (χ0v) is 8.79. The van der Waals surface area contributed by atoms with Gasteiger partial charge in [0.1, 0.15) is 5.92 Å². The molecule has 0 spiro atoms. The van der Waals surface area contributed by atoms with Crippen molar-refractivity contribution >= 4 is 5.91 Å². The minimum atomic E-state index is -0.566. The lowest BCUT2D eigenvalue weighted by Gasteiger charge is -2.12. The molecule has 0 aliphatic rings. The van der Waals surface area contributed by atoms with Gasteiger partial charge < -0.3 is 10.4 Å². The van der Waals surface area contributed by atoms with Gasteiger partial charge >= 0.3 is 0 Å². The molecule has 1 unspecified atom stereocenters. The molecular weight excluding hydrogens is 180 g/mol. The molecule has 0 aromatic rings. The number of rotatable bonds is 6. The van der Waals surface area contributed by atoms with Gasteiger partial charge in [-0.25, -0.2) is 0 Å². The van der Waals surface area contributed by atoms with Gasteiger partial charge in [-0.15, -0.1) is 0 Å². The number of nitrogens with one attached hydrogen (secondary N) is 1. The molecule has 0 aliphatic heterocycles. The van der Waals surface area contributed by atoms with Gasteiger partial charge in [-0.1, -0.05) is 13.8 Å². The summed E-state index contributed by atoms with van der Waals surface area (Å²) in [5.74, 6) is -0.734. The lowest BCUT2D eigenvalue weighted by molar-refractivity contribution is -0.124. The lowest BCUT2D eigenvalue weighted by Crippen LogP contribution is -2.33. The van der Waals surface area contributed by atoms with Crippen LogP contribution < -0.4 is 5.32 Å². The van der Waals surface area contributed by atoms with E-state index in [4.69, 9.17) is 10.4 Å². The van der Waals surface area contributed by atoms with Gasteiger partial charge in [0.2, 0.25) is 5.91 Å². The monoisotopic (exact) mass is 198 g/mol. The van der Waals surface area contributed by atoms with Crippen LogP contribution in [0.1, 0.15) is 26.7 Å². The van der Waals surface area contributed by atoms with Gasteiger partial charge in [0.05, 0.1) is 6.07 Å². The first-order valence-electron chi connectivity index (χ1n) is 4.91. The second-order valence-corrected chi connectivity index (χ2v) is 3.57. The Morgan fingerprint density at radius 2 is 2.14 bits per heavy atom. The van der Waals surface area contributed by atoms with E-state index in [-0.39, 0.29) is 18.4 Å². The average molecular weight is 198 g/mol. The number of carbonyl (C=O) groups excluding carboxylic acids is 1. The molecule has 4 heteroatoms. The Bertz CT molecular complexity index is 209. The van der Waals surface area contributed by atoms with Crippen LogP contribution in [0.4, 0.5) is 0 Å². The summed E-state index contributed by atoms with van der Waals surface area (Å²) < 4.78 is 0. The van der Waals surface area contributed by atoms with Crippen LogP contribution in [0.5, 0.6) is 0 Å². The van der Waals surface area contributed by atoms with Crippen molar-refractivity contribution in [2.24, 2.45) is 11.8 Å². The fourth-order valence-electron chi connectivity index (χ4n) is 1.07. The molecule has 1 amide bonds. The Kier molecular flexibility index (Phi) is 6.77. The third-order valence-electron chi connectivity index (χ3n) is 1.97. The van der Waals surface area contributed by atoms with E-state index in [1.54, 1.807) is 0 Å². The molecule has 80 valence electrons. The smallest absolute Gasteiger partial charge is 0.237 e. The molecule has 0 aliphatic carbocycles. The van der Waals surface area contributed by atoms with Crippen LogP contribution in [-0.2, 0) is 4.79 Å². The summed E-state index contributed by atoms with van der Waals surface area (Å²) in [5.41, 5.74) is 0. The van der Waals surface area contributed by atoms with Crippen LogP contribution in [0, 0.1) is 23.2 Å². The number of hydrogen-bond donors (Lipinski definition) is 2. The van der Waals surface area contributed by atoms with Gasteiger partial charge in [-0.3, -0.25) is 4.79 Å². The fraction of sp³-hybridized carbons (Fsp3) is 0.800. The van der Waals surface area contributed by atoms with Crippen molar-refractivity contribution in [1.82, 2.24) is 5.32 Å². The number of nitrogens with zero attached hydrogens (tertiary/aromatic N) is 1. The summed E-state index contributed by atoms with van der Waals surface area (Å²) in [6.07, 6.45) is 1.43. The molecule has 2 N–H and O–H groups in total. The van der Waals surface area contributed by atoms with Gasteiger partial charge in [-0.2, -0.15) is 5.26 Å². The molecule has 0 radical (unpaired) electrons. The molecule has 0 heterocycles. The summed E-state index contributed by atoms with van der Waals surface area (Å²) in [4.78, 5) is 11.4. The highest BCUT2D eigenvalue weighted by Crippen LogP contribution is 2.09. The topological polar surface area (TPSA) is 73.1 Å². The second kappa shape index (κ2) is 7.34. The molecule has 0 bridgehead atoms. The zero-order valence-electron chi connectivity index (χ0n) is 8.79. The summed E-state index contributed by atoms with van der Waals surface area (Å²) in [5, 5.41) is 19.9. The normalized spacial score (nSPS) is 12.2. The number of aliphatic hydroxyl groups excluding tert-OH is 1. The van der Waals surface area contributed by atoms with Gasteiger partial charge in [0.15, 0.2) is 0 Å². The Balaban J connectivity index is 3.78. The minimum absolute atomic E-state index is 0.0397. The zero-order chi connectivity index (χ0) is 11.0. The molecule has 0 aromatic carbocycles. The quantitative estimate of drug-likeness (QED) is 0.616. The van der Waals surface area contributed by atoms with E-state index in [0.29, 0.717) is 13.0 Å². The first-order chi connectivity index (χ1) is 6.63. The molecule has 0 aromatic heterocycles. The molecule has 0 saturated heterocycles. The third kappa shape index (κ3) is 4.83. The lowest BCUT2D eigenvalue weighted by atomic mass is 9.97. The maximum Gasteiger partial charge on any atom is 0.237 e. The minimum Gasteiger partial charge on any atom is -0.396 e. The Hall–Kier alpha value is -1.08. The van der Waals surface area contributed by atoms with Crippen molar-refractivity contribution in [2.45, 2.75) is 26.7 Å². The highest BCUT2D eigenvalue weighted by atomic mass is 16.2. The summed E-state index contributed by atoms with van der Waals surface area (Å²) >= 11 is 0. The third-order valence-corrected chi connectivity index (χ3v) is 1.97. The SMILES string of the molecule is CC(C)C(C#N)C(=O)NCCCCO. The van der Waals surface area contributed by atoms with E-state index in [2.05, 4.69) is 5.32 Å². The molecular formula is C10H18N2O2. The van der Waals surface area contributed by atoms with Crippen LogP contribution in [0.3, 0.4) is 0 Å². The van der Waals surface area contributed by atoms with Crippen molar-refractivity contribution < 1.29 is 9.90 Å². The maximum atomic E-state index is 11.4. The molecule has 4 nitrogen and oxygen atoms in total. The van der Waals surface area contributed by atoms with Crippen LogP contribution in [0.2, 0.25) is 0 Å². The van der Waals surface area contributed by atoms with Crippen LogP contribution in [-0.4, -0.2) is 24.2 Å². The largest absolute Gasteiger partial charge is 0.396 e. The van der Waals surface area contributed by atoms with E-state index in [9.17, 15) is 4.79 Å². The van der Waals surface area contributed by atoms with Crippen LogP contribution >= 0.6 is 0 Å². The number of hydrogen-bond acceptors (Lipinski definition) is 3. The molecule has 0 saturated carbocycles. The molecule has 0 fully saturated rings. The van der Waals surface area contributed by atoms with Gasteiger partial charge in [-0.05, 0) is 18.8 Å². The van der Waals surface area contributed by atoms with Crippen molar-refractivity contribution in [3.8, 4) is 6.07 Å². The Morgan fingerprint density at radius 3 is 2.57 bits per heavy atom. The Morgan fingerprint density at radius 1 is 1.50 bits per heavy atom. The van der Waals surface area contributed by atoms with Crippen molar-refractivity contribution in [1.29, 1.82) is 5.26 Å². The van der Waals surface area contributed by atoms with Crippen LogP contribution in [0.15, 0.2) is 0 Å². The number of carbonyl (C=O) groups is 1. The second-order valence-electron chi connectivity index (χ2n) is 3.57. The predicted molar refractivity (Wildman–Crippen MR) is 53.3 cm³/mol. The number of amides is 1. The predicted octanol–water partition coefficient (Wildman–Crippen LogP) is 0.671. The van der Waals surface area contributed by atoms with E-state index < -0.39 is 5.92 Å². The summed E-state index contributed by atoms with van der Waals surface area (Å²) in [6, 6.07) is 1.98. The van der Waals surface area contributed by atoms with Crippen LogP contribution in [0.25, 0.3) is 0 Å². The van der Waals surface area contributed by atoms with E-state index >= 15 is 0 Å². The average Bonchev–Trinajstić information content (AvgIpc) is 2.13. The highest BCUT2D eigenvalue weighted by Gasteiger charge is 2.20. The fourth-order valence-corrected chi connectivity index (χ4v) is 1.07. The first-order valence-corrected chi connectivity index (χ1v) is 4.91. The Labute approximate surface area is 84.9 Å². The maximum absolute atomic E-state index is 11.4. The van der Waals surface area contributed by atoms with E-state index in [0.717, 1.165) is 6.42 Å². The number of unbranched alkanes of at least 4 members (excludes halogenated alkanes) is 1. The molecule has 14 heavy (non-hydrogen) atoms. The standard InChI is InChI=1S/C10H18N2O2/c1-8(2)9(7-11)10(14)12-5-3-4-6-13/h8-9,13H,3-6H2,1-2H3,(H,12,14). The van der Waals surface area contributed by atoms with Crippen molar-refractivity contribution in [2.75, 3.05) is 13.2 Å². The first kappa shape index (κ1) is 12.9. The summed E-state index contributed by atoms with van der Waals surface area (Å²) in [6.45, 7) is 4.37. The van der Waals surface area contributed by atoms with E-state index in [1.807, 2.05) is 19.9 Å². The molecule has 0 rings (SSSR count). The van der Waals surface area contributed by atoms with Crippen molar-refractivity contribution in [3.05, 3.63) is 0 Å². The van der Waals surface area contributed by atoms with Gasteiger partial charge in [0, 0.05) is 13.2 Å².